The number of hydrogen-bond acceptors (Lipinski definition) is 9. The maximum absolute atomic E-state index is 13.0. The molecule has 2 aliphatic heterocycles. The number of esters is 1. The number of anilines is 1. The number of hydrogen-bond donors (Lipinski definition) is 1. The summed E-state index contributed by atoms with van der Waals surface area (Å²) in [6, 6.07) is 11.5. The number of thioether (sulfide) groups is 1. The molecule has 2 amide bonds. The molecule has 2 fully saturated rings. The Balaban J connectivity index is 1.41. The van der Waals surface area contributed by atoms with Crippen molar-refractivity contribution in [3.8, 4) is 5.75 Å². The molecule has 0 radical (unpaired) electrons. The number of amides is 2. The minimum absolute atomic E-state index is 0.0224. The predicted octanol–water partition coefficient (Wildman–Crippen LogP) is 1.71. The smallest absolute Gasteiger partial charge is 0.341 e. The lowest BCUT2D eigenvalue weighted by molar-refractivity contribution is -0.384. The Labute approximate surface area is 204 Å². The summed E-state index contributed by atoms with van der Waals surface area (Å²) in [5, 5.41) is 21.2. The molecule has 0 aromatic heterocycles. The third kappa shape index (κ3) is 4.66. The number of methoxy groups -OCH3 is 1. The number of nitrogens with zero attached hydrogens (tertiary/aromatic N) is 3. The van der Waals surface area contributed by atoms with Gasteiger partial charge in [0.1, 0.15) is 23.8 Å². The van der Waals surface area contributed by atoms with Gasteiger partial charge >= 0.3 is 5.97 Å². The van der Waals surface area contributed by atoms with E-state index in [4.69, 9.17) is 9.47 Å². The molecule has 2 heterocycles. The van der Waals surface area contributed by atoms with Crippen LogP contribution < -0.4 is 9.64 Å². The second-order valence-corrected chi connectivity index (χ2v) is 9.34. The van der Waals surface area contributed by atoms with Crippen LogP contribution in [0.4, 0.5) is 11.4 Å². The van der Waals surface area contributed by atoms with Crippen LogP contribution >= 0.6 is 11.8 Å². The summed E-state index contributed by atoms with van der Waals surface area (Å²) in [7, 11) is 1.53. The molecule has 35 heavy (non-hydrogen) atoms. The third-order valence-corrected chi connectivity index (χ3v) is 7.40. The number of carbonyl (C=O) groups excluding carboxylic acids is 3. The number of rotatable bonds is 7. The highest BCUT2D eigenvalue weighted by Gasteiger charge is 2.59. The van der Waals surface area contributed by atoms with Crippen LogP contribution in [0.15, 0.2) is 48.5 Å². The van der Waals surface area contributed by atoms with Crippen LogP contribution in [0.2, 0.25) is 0 Å². The van der Waals surface area contributed by atoms with Crippen molar-refractivity contribution >= 4 is 40.9 Å². The van der Waals surface area contributed by atoms with E-state index in [9.17, 15) is 29.6 Å². The second-order valence-electron chi connectivity index (χ2n) is 8.23. The Bertz CT molecular complexity index is 1160. The van der Waals surface area contributed by atoms with Gasteiger partial charge in [-0.05, 0) is 42.0 Å². The minimum Gasteiger partial charge on any atom is -0.497 e. The Kier molecular flexibility index (Phi) is 6.68. The van der Waals surface area contributed by atoms with Gasteiger partial charge < -0.3 is 19.5 Å². The number of fused-ring (bicyclic) bond motifs is 1. The van der Waals surface area contributed by atoms with Crippen molar-refractivity contribution in [2.75, 3.05) is 24.3 Å². The zero-order valence-corrected chi connectivity index (χ0v) is 19.8. The van der Waals surface area contributed by atoms with Crippen LogP contribution in [-0.4, -0.2) is 69.1 Å². The molecule has 2 aliphatic rings. The molecular formula is C23H23N3O8S. The molecule has 0 bridgehead atoms. The molecule has 1 N–H and O–H groups in total. The summed E-state index contributed by atoms with van der Waals surface area (Å²) in [6.45, 7) is 0.937. The molecule has 11 nitrogen and oxygen atoms in total. The molecule has 2 unspecified atom stereocenters. The zero-order valence-electron chi connectivity index (χ0n) is 18.9. The average molecular weight is 502 g/mol. The fraction of sp³-hybridized carbons (Fsp3) is 0.348. The molecule has 3 atom stereocenters. The summed E-state index contributed by atoms with van der Waals surface area (Å²) in [6.07, 6.45) is 0. The summed E-state index contributed by atoms with van der Waals surface area (Å²) < 4.78 is 10.4. The van der Waals surface area contributed by atoms with E-state index in [1.54, 1.807) is 24.3 Å². The lowest BCUT2D eigenvalue weighted by atomic mass is 9.98. The van der Waals surface area contributed by atoms with Gasteiger partial charge in [0.25, 0.3) is 5.69 Å². The van der Waals surface area contributed by atoms with E-state index in [1.165, 1.54) is 59.9 Å². The molecule has 2 aromatic carbocycles. The van der Waals surface area contributed by atoms with Gasteiger partial charge in [-0.25, -0.2) is 4.79 Å². The number of non-ortho nitro benzene ring substituents is 1. The second kappa shape index (κ2) is 9.55. The van der Waals surface area contributed by atoms with Crippen molar-refractivity contribution in [1.29, 1.82) is 0 Å². The largest absolute Gasteiger partial charge is 0.497 e. The van der Waals surface area contributed by atoms with Crippen LogP contribution in [-0.2, 0) is 25.7 Å². The van der Waals surface area contributed by atoms with Crippen molar-refractivity contribution in [2.45, 2.75) is 30.5 Å². The Hall–Kier alpha value is -3.64. The number of nitro benzene ring substituents is 1. The van der Waals surface area contributed by atoms with Gasteiger partial charge in [-0.1, -0.05) is 0 Å². The first-order valence-corrected chi connectivity index (χ1v) is 11.7. The minimum atomic E-state index is -1.91. The Morgan fingerprint density at radius 3 is 2.46 bits per heavy atom. The fourth-order valence-electron chi connectivity index (χ4n) is 4.04. The molecule has 4 rings (SSSR count). The quantitative estimate of drug-likeness (QED) is 0.260. The van der Waals surface area contributed by atoms with Crippen molar-refractivity contribution in [3.63, 3.8) is 0 Å². The van der Waals surface area contributed by atoms with E-state index < -0.39 is 27.9 Å². The van der Waals surface area contributed by atoms with E-state index in [1.807, 2.05) is 0 Å². The molecular weight excluding hydrogens is 478 g/mol. The summed E-state index contributed by atoms with van der Waals surface area (Å²) in [5.74, 6) is -0.988. The van der Waals surface area contributed by atoms with Crippen LogP contribution in [0, 0.1) is 10.1 Å². The lowest BCUT2D eigenvalue weighted by Crippen LogP contribution is -2.75. The molecule has 0 saturated carbocycles. The average Bonchev–Trinajstić information content (AvgIpc) is 2.86. The van der Waals surface area contributed by atoms with Crippen LogP contribution in [0.3, 0.4) is 0 Å². The maximum atomic E-state index is 13.0. The normalized spacial score (nSPS) is 23.1. The summed E-state index contributed by atoms with van der Waals surface area (Å²) in [4.78, 5) is 51.1. The standard InChI is InChI=1S/C23H23N3O8S/c1-14(27)25(16-7-9-18(33-2)10-8-16)19-20(28)24-12-23(30,13-35-21(19)24)22(29)34-11-15-3-5-17(6-4-15)26(31)32/h3-10,19,21,30H,11-13H2,1-2H3/t19?,21-,23?/m1/s1. The maximum Gasteiger partial charge on any atom is 0.341 e. The van der Waals surface area contributed by atoms with Crippen molar-refractivity contribution in [1.82, 2.24) is 4.90 Å². The highest BCUT2D eigenvalue weighted by atomic mass is 32.2. The van der Waals surface area contributed by atoms with E-state index in [0.717, 1.165) is 0 Å². The molecule has 184 valence electrons. The number of carbonyl (C=O) groups is 3. The van der Waals surface area contributed by atoms with Crippen molar-refractivity contribution in [2.24, 2.45) is 0 Å². The van der Waals surface area contributed by atoms with Crippen LogP contribution in [0.25, 0.3) is 0 Å². The molecule has 2 saturated heterocycles. The highest BCUT2D eigenvalue weighted by Crippen LogP contribution is 2.42. The van der Waals surface area contributed by atoms with E-state index >= 15 is 0 Å². The first-order chi connectivity index (χ1) is 16.6. The first-order valence-electron chi connectivity index (χ1n) is 10.6. The van der Waals surface area contributed by atoms with Gasteiger partial charge in [0.05, 0.1) is 18.6 Å². The van der Waals surface area contributed by atoms with Gasteiger partial charge in [0.15, 0.2) is 5.60 Å². The third-order valence-electron chi connectivity index (χ3n) is 5.90. The predicted molar refractivity (Wildman–Crippen MR) is 126 cm³/mol. The van der Waals surface area contributed by atoms with E-state index in [-0.39, 0.29) is 36.4 Å². The fourth-order valence-corrected chi connectivity index (χ4v) is 5.48. The molecule has 0 spiro atoms. The number of nitro groups is 1. The van der Waals surface area contributed by atoms with Crippen LogP contribution in [0.5, 0.6) is 5.75 Å². The van der Waals surface area contributed by atoms with Crippen molar-refractivity contribution in [3.05, 3.63) is 64.2 Å². The van der Waals surface area contributed by atoms with Gasteiger partial charge in [0.2, 0.25) is 11.8 Å². The number of ether oxygens (including phenoxy) is 2. The molecule has 12 heteroatoms. The molecule has 2 aromatic rings. The monoisotopic (exact) mass is 501 g/mol. The molecule has 0 aliphatic carbocycles. The number of β-lactam (4-membered cyclic amide) rings is 1. The topological polar surface area (TPSA) is 140 Å². The highest BCUT2D eigenvalue weighted by molar-refractivity contribution is 8.00. The van der Waals surface area contributed by atoms with E-state index in [0.29, 0.717) is 17.0 Å². The summed E-state index contributed by atoms with van der Waals surface area (Å²) in [5.41, 5.74) is -0.941. The van der Waals surface area contributed by atoms with Gasteiger partial charge in [-0.2, -0.15) is 0 Å². The lowest BCUT2D eigenvalue weighted by Gasteiger charge is -2.55. The number of aliphatic hydroxyl groups is 1. The van der Waals surface area contributed by atoms with Crippen molar-refractivity contribution < 1.29 is 33.9 Å². The summed E-state index contributed by atoms with van der Waals surface area (Å²) >= 11 is 1.20. The number of benzene rings is 2. The van der Waals surface area contributed by atoms with Gasteiger partial charge in [-0.15, -0.1) is 11.8 Å². The van der Waals surface area contributed by atoms with Gasteiger partial charge in [0, 0.05) is 30.5 Å². The first kappa shape index (κ1) is 24.5. The van der Waals surface area contributed by atoms with Crippen LogP contribution in [0.1, 0.15) is 12.5 Å². The van der Waals surface area contributed by atoms with E-state index in [2.05, 4.69) is 0 Å². The Morgan fingerprint density at radius 1 is 1.23 bits per heavy atom. The zero-order chi connectivity index (χ0) is 25.3. The SMILES string of the molecule is COc1ccc(N(C(C)=O)C2C(=O)N3CC(O)(C(=O)OCc4ccc([N+](=O)[O-])cc4)CS[C@H]23)cc1. The Morgan fingerprint density at radius 2 is 1.89 bits per heavy atom. The van der Waals surface area contributed by atoms with Gasteiger partial charge in [-0.3, -0.25) is 24.6 Å².